The van der Waals surface area contributed by atoms with Gasteiger partial charge in [-0.3, -0.25) is 0 Å². The van der Waals surface area contributed by atoms with Gasteiger partial charge in [0, 0.05) is 0 Å². The van der Waals surface area contributed by atoms with Gasteiger partial charge >= 0.3 is 0 Å². The van der Waals surface area contributed by atoms with Crippen molar-refractivity contribution < 1.29 is 18.3 Å². The molecule has 0 saturated carbocycles. The van der Waals surface area contributed by atoms with E-state index in [0.717, 1.165) is 30.6 Å². The van der Waals surface area contributed by atoms with Crippen molar-refractivity contribution in [3.05, 3.63) is 89.5 Å². The van der Waals surface area contributed by atoms with E-state index in [0.29, 0.717) is 12.4 Å². The minimum absolute atomic E-state index is 0.0260. The first-order valence-corrected chi connectivity index (χ1v) is 10.3. The second kappa shape index (κ2) is 9.75. The third-order valence-corrected chi connectivity index (χ3v) is 5.25. The number of benzene rings is 3. The fraction of sp³-hybridized carbons (Fsp3) is 0.308. The van der Waals surface area contributed by atoms with Crippen molar-refractivity contribution in [2.75, 3.05) is 6.61 Å². The van der Waals surface area contributed by atoms with Crippen LogP contribution in [0.4, 0.5) is 8.78 Å². The fourth-order valence-corrected chi connectivity index (χ4v) is 3.46. The molecule has 3 aromatic carbocycles. The van der Waals surface area contributed by atoms with Gasteiger partial charge in [-0.2, -0.15) is 0 Å². The SMILES string of the molecule is CCOc1ccc(C(C)(C)CCCc2ccc(F)c(Oc3ccc(F)cc3)c2)cc1. The van der Waals surface area contributed by atoms with E-state index < -0.39 is 5.82 Å². The Balaban J connectivity index is 1.60. The summed E-state index contributed by atoms with van der Waals surface area (Å²) in [7, 11) is 0. The van der Waals surface area contributed by atoms with E-state index in [4.69, 9.17) is 9.47 Å². The van der Waals surface area contributed by atoms with Crippen LogP contribution in [0.2, 0.25) is 0 Å². The number of rotatable bonds is 9. The summed E-state index contributed by atoms with van der Waals surface area (Å²) in [5.74, 6) is 0.663. The summed E-state index contributed by atoms with van der Waals surface area (Å²) in [6, 6.07) is 18.8. The highest BCUT2D eigenvalue weighted by Gasteiger charge is 2.20. The van der Waals surface area contributed by atoms with Crippen LogP contribution in [0.5, 0.6) is 17.2 Å². The van der Waals surface area contributed by atoms with Gasteiger partial charge in [0.1, 0.15) is 17.3 Å². The van der Waals surface area contributed by atoms with Crippen molar-refractivity contribution in [1.29, 1.82) is 0 Å². The van der Waals surface area contributed by atoms with Crippen molar-refractivity contribution in [2.24, 2.45) is 0 Å². The van der Waals surface area contributed by atoms with Crippen molar-refractivity contribution in [3.63, 3.8) is 0 Å². The van der Waals surface area contributed by atoms with E-state index in [1.165, 1.54) is 35.9 Å². The third kappa shape index (κ3) is 5.82. The lowest BCUT2D eigenvalue weighted by molar-refractivity contribution is 0.339. The second-order valence-corrected chi connectivity index (χ2v) is 8.02. The maximum Gasteiger partial charge on any atom is 0.165 e. The molecule has 0 N–H and O–H groups in total. The second-order valence-electron chi connectivity index (χ2n) is 8.02. The van der Waals surface area contributed by atoms with E-state index in [2.05, 4.69) is 26.0 Å². The van der Waals surface area contributed by atoms with Crippen LogP contribution in [-0.2, 0) is 11.8 Å². The molecular formula is C26H28F2O2. The molecule has 2 nitrogen and oxygen atoms in total. The molecule has 158 valence electrons. The van der Waals surface area contributed by atoms with Crippen LogP contribution in [-0.4, -0.2) is 6.61 Å². The summed E-state index contributed by atoms with van der Waals surface area (Å²) in [5, 5.41) is 0. The van der Waals surface area contributed by atoms with Gasteiger partial charge in [0.25, 0.3) is 0 Å². The van der Waals surface area contributed by atoms with E-state index >= 15 is 0 Å². The Kier molecular flexibility index (Phi) is 7.09. The monoisotopic (exact) mass is 410 g/mol. The molecule has 0 heterocycles. The highest BCUT2D eigenvalue weighted by molar-refractivity contribution is 5.36. The molecule has 0 amide bonds. The lowest BCUT2D eigenvalue weighted by Gasteiger charge is -2.25. The molecule has 3 rings (SSSR count). The molecule has 0 aliphatic carbocycles. The van der Waals surface area contributed by atoms with E-state index in [-0.39, 0.29) is 17.0 Å². The summed E-state index contributed by atoms with van der Waals surface area (Å²) in [4.78, 5) is 0. The van der Waals surface area contributed by atoms with Crippen LogP contribution in [0.3, 0.4) is 0 Å². The van der Waals surface area contributed by atoms with Gasteiger partial charge in [-0.15, -0.1) is 0 Å². The van der Waals surface area contributed by atoms with Gasteiger partial charge in [-0.05, 0) is 91.3 Å². The highest BCUT2D eigenvalue weighted by atomic mass is 19.1. The van der Waals surface area contributed by atoms with E-state index in [1.54, 1.807) is 12.1 Å². The zero-order valence-corrected chi connectivity index (χ0v) is 17.8. The van der Waals surface area contributed by atoms with Gasteiger partial charge in [0.05, 0.1) is 6.61 Å². The number of ether oxygens (including phenoxy) is 2. The molecule has 0 spiro atoms. The first-order chi connectivity index (χ1) is 14.4. The lowest BCUT2D eigenvalue weighted by atomic mass is 9.80. The summed E-state index contributed by atoms with van der Waals surface area (Å²) >= 11 is 0. The summed E-state index contributed by atoms with van der Waals surface area (Å²) in [6.07, 6.45) is 2.77. The van der Waals surface area contributed by atoms with Crippen LogP contribution in [0.1, 0.15) is 44.7 Å². The van der Waals surface area contributed by atoms with Gasteiger partial charge in [-0.1, -0.05) is 32.0 Å². The summed E-state index contributed by atoms with van der Waals surface area (Å²) < 4.78 is 38.3. The molecule has 0 aromatic heterocycles. The van der Waals surface area contributed by atoms with Crippen LogP contribution >= 0.6 is 0 Å². The van der Waals surface area contributed by atoms with Crippen LogP contribution in [0.15, 0.2) is 66.7 Å². The van der Waals surface area contributed by atoms with Crippen molar-refractivity contribution >= 4 is 0 Å². The topological polar surface area (TPSA) is 18.5 Å². The zero-order chi connectivity index (χ0) is 21.6. The molecule has 4 heteroatoms. The Hall–Kier alpha value is -2.88. The van der Waals surface area contributed by atoms with Crippen LogP contribution in [0.25, 0.3) is 0 Å². The van der Waals surface area contributed by atoms with Gasteiger partial charge < -0.3 is 9.47 Å². The first kappa shape index (κ1) is 21.8. The minimum atomic E-state index is -0.433. The average Bonchev–Trinajstić information content (AvgIpc) is 2.72. The zero-order valence-electron chi connectivity index (χ0n) is 17.8. The molecule has 0 bridgehead atoms. The van der Waals surface area contributed by atoms with Gasteiger partial charge in [0.15, 0.2) is 11.6 Å². The predicted octanol–water partition coefficient (Wildman–Crippen LogP) is 7.46. The maximum absolute atomic E-state index is 14.1. The molecule has 0 atom stereocenters. The molecule has 3 aromatic rings. The molecule has 30 heavy (non-hydrogen) atoms. The van der Waals surface area contributed by atoms with E-state index in [9.17, 15) is 8.78 Å². The predicted molar refractivity (Wildman–Crippen MR) is 116 cm³/mol. The van der Waals surface area contributed by atoms with Crippen molar-refractivity contribution in [2.45, 2.75) is 45.4 Å². The number of hydrogen-bond donors (Lipinski definition) is 0. The van der Waals surface area contributed by atoms with Crippen molar-refractivity contribution in [1.82, 2.24) is 0 Å². The molecule has 0 fully saturated rings. The maximum atomic E-state index is 14.1. The molecule has 0 aliphatic rings. The Labute approximate surface area is 177 Å². The lowest BCUT2D eigenvalue weighted by Crippen LogP contribution is -2.17. The molecule has 0 aliphatic heterocycles. The van der Waals surface area contributed by atoms with Crippen LogP contribution < -0.4 is 9.47 Å². The van der Waals surface area contributed by atoms with Gasteiger partial charge in [0.2, 0.25) is 0 Å². The number of hydrogen-bond acceptors (Lipinski definition) is 2. The Morgan fingerprint density at radius 2 is 1.50 bits per heavy atom. The largest absolute Gasteiger partial charge is 0.494 e. The van der Waals surface area contributed by atoms with Crippen molar-refractivity contribution in [3.8, 4) is 17.2 Å². The Bertz CT molecular complexity index is 948. The standard InChI is InChI=1S/C26H28F2O2/c1-4-29-22-12-8-20(9-13-22)26(2,3)17-5-6-19-7-16-24(28)25(18-19)30-23-14-10-21(27)11-15-23/h7-16,18H,4-6,17H2,1-3H3. The third-order valence-electron chi connectivity index (χ3n) is 5.25. The fourth-order valence-electron chi connectivity index (χ4n) is 3.46. The molecular weight excluding hydrogens is 382 g/mol. The molecule has 0 unspecified atom stereocenters. The average molecular weight is 411 g/mol. The summed E-state index contributed by atoms with van der Waals surface area (Å²) in [5.41, 5.74) is 2.31. The highest BCUT2D eigenvalue weighted by Crippen LogP contribution is 2.31. The summed E-state index contributed by atoms with van der Waals surface area (Å²) in [6.45, 7) is 7.10. The van der Waals surface area contributed by atoms with E-state index in [1.807, 2.05) is 19.1 Å². The normalized spacial score (nSPS) is 11.4. The first-order valence-electron chi connectivity index (χ1n) is 10.3. The number of aryl methyl sites for hydroxylation is 1. The molecule has 0 radical (unpaired) electrons. The quantitative estimate of drug-likeness (QED) is 0.364. The smallest absolute Gasteiger partial charge is 0.165 e. The van der Waals surface area contributed by atoms with Gasteiger partial charge in [-0.25, -0.2) is 8.78 Å². The minimum Gasteiger partial charge on any atom is -0.494 e. The Morgan fingerprint density at radius 1 is 0.833 bits per heavy atom. The molecule has 0 saturated heterocycles. The number of halogens is 2. The van der Waals surface area contributed by atoms with Crippen LogP contribution in [0, 0.1) is 11.6 Å². The Morgan fingerprint density at radius 3 is 2.17 bits per heavy atom.